The first-order valence-electron chi connectivity index (χ1n) is 10.1. The molecule has 2 aromatic carbocycles. The maximum atomic E-state index is 13.7. The van der Waals surface area contributed by atoms with Crippen LogP contribution in [0.15, 0.2) is 36.4 Å². The fourth-order valence-corrected chi connectivity index (χ4v) is 3.57. The van der Waals surface area contributed by atoms with Gasteiger partial charge in [-0.3, -0.25) is 9.69 Å². The molecule has 4 nitrogen and oxygen atoms in total. The lowest BCUT2D eigenvalue weighted by Gasteiger charge is -2.33. The van der Waals surface area contributed by atoms with Gasteiger partial charge >= 0.3 is 6.18 Å². The first-order valence-corrected chi connectivity index (χ1v) is 10.1. The molecular weight excluding hydrogens is 403 g/mol. The van der Waals surface area contributed by atoms with Crippen LogP contribution in [0.25, 0.3) is 0 Å². The van der Waals surface area contributed by atoms with Gasteiger partial charge in [0.1, 0.15) is 0 Å². The number of piperazine rings is 1. The van der Waals surface area contributed by atoms with Gasteiger partial charge in [-0.25, -0.2) is 0 Å². The van der Waals surface area contributed by atoms with Crippen molar-refractivity contribution in [3.05, 3.63) is 64.2 Å². The van der Waals surface area contributed by atoms with Gasteiger partial charge in [-0.05, 0) is 43.3 Å². The number of carbonyl (C=O) groups is 1. The van der Waals surface area contributed by atoms with Gasteiger partial charge in [-0.1, -0.05) is 24.1 Å². The minimum Gasteiger partial charge on any atom is -0.378 e. The predicted octanol–water partition coefficient (Wildman–Crippen LogP) is 4.04. The summed E-state index contributed by atoms with van der Waals surface area (Å²) in [6.45, 7) is 5.12. The first kappa shape index (κ1) is 22.9. The van der Waals surface area contributed by atoms with E-state index >= 15 is 0 Å². The maximum Gasteiger partial charge on any atom is 0.416 e. The Morgan fingerprint density at radius 2 is 1.84 bits per heavy atom. The molecule has 0 atom stereocenters. The van der Waals surface area contributed by atoms with Crippen LogP contribution in [-0.2, 0) is 12.7 Å². The third-order valence-corrected chi connectivity index (χ3v) is 5.57. The fourth-order valence-electron chi connectivity index (χ4n) is 3.57. The van der Waals surface area contributed by atoms with Gasteiger partial charge in [0.2, 0.25) is 0 Å². The number of ketones is 1. The van der Waals surface area contributed by atoms with E-state index in [2.05, 4.69) is 16.1 Å². The third-order valence-electron chi connectivity index (χ3n) is 5.57. The third kappa shape index (κ3) is 5.87. The van der Waals surface area contributed by atoms with Gasteiger partial charge < -0.3 is 10.2 Å². The second-order valence-electron chi connectivity index (χ2n) is 7.90. The number of aryl methyl sites for hydroxylation is 1. The van der Waals surface area contributed by atoms with E-state index in [-0.39, 0.29) is 30.1 Å². The average molecular weight is 429 g/mol. The van der Waals surface area contributed by atoms with Crippen LogP contribution in [0, 0.1) is 19.3 Å². The van der Waals surface area contributed by atoms with E-state index < -0.39 is 11.7 Å². The number of carbonyl (C=O) groups excluding carboxylic acids is 1. The number of nitrogens with zero attached hydrogens (tertiary/aromatic N) is 2. The Hall–Kier alpha value is -2.82. The minimum atomic E-state index is -4.47. The number of benzene rings is 2. The summed E-state index contributed by atoms with van der Waals surface area (Å²) in [4.78, 5) is 16.7. The summed E-state index contributed by atoms with van der Waals surface area (Å²) in [6.07, 6.45) is 0.971. The zero-order chi connectivity index (χ0) is 22.6. The van der Waals surface area contributed by atoms with Gasteiger partial charge in [-0.15, -0.1) is 6.42 Å². The highest BCUT2D eigenvalue weighted by atomic mass is 19.4. The molecule has 0 bridgehead atoms. The zero-order valence-electron chi connectivity index (χ0n) is 17.7. The molecule has 0 saturated carbocycles. The van der Waals surface area contributed by atoms with Crippen LogP contribution in [0.5, 0.6) is 0 Å². The quantitative estimate of drug-likeness (QED) is 0.556. The highest BCUT2D eigenvalue weighted by Crippen LogP contribution is 2.34. The van der Waals surface area contributed by atoms with E-state index in [0.29, 0.717) is 11.1 Å². The van der Waals surface area contributed by atoms with Gasteiger partial charge in [0.05, 0.1) is 12.1 Å². The van der Waals surface area contributed by atoms with E-state index in [4.69, 9.17) is 6.42 Å². The largest absolute Gasteiger partial charge is 0.416 e. The molecule has 7 heteroatoms. The molecule has 0 radical (unpaired) electrons. The summed E-state index contributed by atoms with van der Waals surface area (Å²) < 4.78 is 41.1. The smallest absolute Gasteiger partial charge is 0.378 e. The Morgan fingerprint density at radius 1 is 1.13 bits per heavy atom. The Labute approximate surface area is 181 Å². The van der Waals surface area contributed by atoms with Crippen LogP contribution in [0.3, 0.4) is 0 Å². The van der Waals surface area contributed by atoms with Crippen molar-refractivity contribution in [2.45, 2.75) is 19.6 Å². The highest BCUT2D eigenvalue weighted by molar-refractivity contribution is 5.99. The molecular formula is C24H26F3N3O. The summed E-state index contributed by atoms with van der Waals surface area (Å²) >= 11 is 0. The number of hydrogen-bond donors (Lipinski definition) is 1. The Balaban J connectivity index is 1.72. The number of alkyl halides is 3. The number of rotatable bonds is 6. The molecule has 0 aliphatic carbocycles. The molecule has 31 heavy (non-hydrogen) atoms. The molecule has 3 rings (SSSR count). The van der Waals surface area contributed by atoms with Crippen molar-refractivity contribution in [2.75, 3.05) is 45.1 Å². The monoisotopic (exact) mass is 429 g/mol. The number of likely N-dealkylation sites (N-methyl/N-ethyl adjacent to an activating group) is 1. The van der Waals surface area contributed by atoms with E-state index in [9.17, 15) is 18.0 Å². The molecule has 2 aromatic rings. The van der Waals surface area contributed by atoms with Gasteiger partial charge in [-0.2, -0.15) is 13.2 Å². The predicted molar refractivity (Wildman–Crippen MR) is 116 cm³/mol. The van der Waals surface area contributed by atoms with Crippen molar-refractivity contribution in [2.24, 2.45) is 0 Å². The van der Waals surface area contributed by atoms with E-state index in [1.807, 2.05) is 18.9 Å². The fraction of sp³-hybridized carbons (Fsp3) is 0.375. The number of Topliss-reactive ketones (excluding diaryl/α,β-unsaturated/α-hetero) is 1. The van der Waals surface area contributed by atoms with E-state index in [1.165, 1.54) is 6.07 Å². The SMILES string of the molecule is C#Cc1cc(C(=O)CNc2ccc(CN3CCN(C)CC3)c(C(F)(F)F)c2)ccc1C. The second kappa shape index (κ2) is 9.54. The molecule has 1 saturated heterocycles. The lowest BCUT2D eigenvalue weighted by molar-refractivity contribution is -0.138. The Kier molecular flexibility index (Phi) is 7.04. The topological polar surface area (TPSA) is 35.6 Å². The van der Waals surface area contributed by atoms with Crippen LogP contribution in [-0.4, -0.2) is 55.4 Å². The van der Waals surface area contributed by atoms with E-state index in [0.717, 1.165) is 37.8 Å². The number of nitrogens with one attached hydrogen (secondary N) is 1. The Morgan fingerprint density at radius 3 is 2.48 bits per heavy atom. The minimum absolute atomic E-state index is 0.123. The van der Waals surface area contributed by atoms with Crippen LogP contribution >= 0.6 is 0 Å². The van der Waals surface area contributed by atoms with Crippen molar-refractivity contribution in [3.8, 4) is 12.3 Å². The zero-order valence-corrected chi connectivity index (χ0v) is 17.7. The van der Waals surface area contributed by atoms with Crippen molar-refractivity contribution in [1.29, 1.82) is 0 Å². The second-order valence-corrected chi connectivity index (χ2v) is 7.90. The summed E-state index contributed by atoms with van der Waals surface area (Å²) in [5.41, 5.74) is 1.76. The van der Waals surface area contributed by atoms with Crippen LogP contribution < -0.4 is 5.32 Å². The number of halogens is 3. The molecule has 0 unspecified atom stereocenters. The summed E-state index contributed by atoms with van der Waals surface area (Å²) in [5.74, 6) is 2.28. The van der Waals surface area contributed by atoms with Crippen molar-refractivity contribution < 1.29 is 18.0 Å². The van der Waals surface area contributed by atoms with Crippen molar-refractivity contribution >= 4 is 11.5 Å². The van der Waals surface area contributed by atoms with Crippen LogP contribution in [0.2, 0.25) is 0 Å². The lowest BCUT2D eigenvalue weighted by atomic mass is 10.0. The standard InChI is InChI=1S/C24H26F3N3O/c1-4-18-13-19(6-5-17(18)2)23(31)15-28-21-8-7-20(22(14-21)24(25,26)27)16-30-11-9-29(3)10-12-30/h1,5-8,13-14,28H,9-12,15-16H2,2-3H3. The molecule has 0 spiro atoms. The molecule has 1 aliphatic rings. The molecule has 1 N–H and O–H groups in total. The molecule has 0 aromatic heterocycles. The summed E-state index contributed by atoms with van der Waals surface area (Å²) in [5, 5.41) is 2.82. The normalized spacial score (nSPS) is 15.5. The maximum absolute atomic E-state index is 13.7. The highest BCUT2D eigenvalue weighted by Gasteiger charge is 2.34. The van der Waals surface area contributed by atoms with Crippen molar-refractivity contribution in [1.82, 2.24) is 9.80 Å². The first-order chi connectivity index (χ1) is 14.7. The molecule has 0 amide bonds. The van der Waals surface area contributed by atoms with Crippen LogP contribution in [0.4, 0.5) is 18.9 Å². The molecule has 1 aliphatic heterocycles. The summed E-state index contributed by atoms with van der Waals surface area (Å²) in [7, 11) is 2.00. The van der Waals surface area contributed by atoms with Crippen molar-refractivity contribution in [3.63, 3.8) is 0 Å². The summed E-state index contributed by atoms with van der Waals surface area (Å²) in [6, 6.07) is 9.23. The molecule has 1 heterocycles. The average Bonchev–Trinajstić information content (AvgIpc) is 2.74. The van der Waals surface area contributed by atoms with Gasteiger partial charge in [0.25, 0.3) is 0 Å². The number of terminal acetylenes is 1. The lowest BCUT2D eigenvalue weighted by Crippen LogP contribution is -2.44. The Bertz CT molecular complexity index is 987. The van der Waals surface area contributed by atoms with Gasteiger partial charge in [0.15, 0.2) is 5.78 Å². The van der Waals surface area contributed by atoms with Gasteiger partial charge in [0, 0.05) is 49.5 Å². The van der Waals surface area contributed by atoms with E-state index in [1.54, 1.807) is 24.3 Å². The number of hydrogen-bond acceptors (Lipinski definition) is 4. The number of anilines is 1. The van der Waals surface area contributed by atoms with Crippen LogP contribution in [0.1, 0.15) is 32.6 Å². The molecule has 1 fully saturated rings. The molecule has 164 valence electrons.